The molecule has 9 nitrogen and oxygen atoms in total. The van der Waals surface area contributed by atoms with Gasteiger partial charge in [0.25, 0.3) is 5.91 Å². The molecule has 0 unspecified atom stereocenters. The number of hydrogen-bond acceptors (Lipinski definition) is 8. The minimum Gasteiger partial charge on any atom is -0.495 e. The van der Waals surface area contributed by atoms with E-state index in [0.717, 1.165) is 43.5 Å². The fourth-order valence-electron chi connectivity index (χ4n) is 4.81. The highest BCUT2D eigenvalue weighted by Crippen LogP contribution is 2.40. The number of aromatic nitrogens is 1. The Hall–Kier alpha value is -2.73. The van der Waals surface area contributed by atoms with Crippen molar-refractivity contribution in [3.8, 4) is 11.5 Å². The van der Waals surface area contributed by atoms with Crippen LogP contribution in [0.25, 0.3) is 10.2 Å². The van der Waals surface area contributed by atoms with Gasteiger partial charge >= 0.3 is 0 Å². The van der Waals surface area contributed by atoms with Crippen LogP contribution in [-0.2, 0) is 10.0 Å². The van der Waals surface area contributed by atoms with Crippen LogP contribution in [0.2, 0.25) is 0 Å². The molecule has 0 bridgehead atoms. The van der Waals surface area contributed by atoms with Crippen LogP contribution in [0.15, 0.2) is 41.3 Å². The summed E-state index contributed by atoms with van der Waals surface area (Å²) in [6.07, 6.45) is 3.84. The lowest BCUT2D eigenvalue weighted by Gasteiger charge is -2.25. The summed E-state index contributed by atoms with van der Waals surface area (Å²) in [6, 6.07) is 9.92. The van der Waals surface area contributed by atoms with Gasteiger partial charge in [-0.2, -0.15) is 4.31 Å². The molecule has 212 valence electrons. The van der Waals surface area contributed by atoms with E-state index < -0.39 is 10.0 Å². The Kier molecular flexibility index (Phi) is 9.81. The van der Waals surface area contributed by atoms with Crippen molar-refractivity contribution in [2.24, 2.45) is 0 Å². The number of sulfonamides is 1. The Labute approximate surface area is 235 Å². The van der Waals surface area contributed by atoms with Crippen molar-refractivity contribution in [3.05, 3.63) is 42.0 Å². The highest BCUT2D eigenvalue weighted by Gasteiger charge is 2.27. The number of benzene rings is 2. The van der Waals surface area contributed by atoms with Crippen LogP contribution < -0.4 is 14.4 Å². The fraction of sp³-hybridized carbons (Fsp3) is 0.500. The number of methoxy groups -OCH3 is 2. The molecule has 11 heteroatoms. The van der Waals surface area contributed by atoms with Gasteiger partial charge in [0, 0.05) is 31.7 Å². The van der Waals surface area contributed by atoms with Crippen LogP contribution >= 0.6 is 11.3 Å². The van der Waals surface area contributed by atoms with Crippen LogP contribution in [0, 0.1) is 0 Å². The van der Waals surface area contributed by atoms with Gasteiger partial charge in [0.05, 0.1) is 19.1 Å². The summed E-state index contributed by atoms with van der Waals surface area (Å²) in [4.78, 5) is 22.8. The zero-order valence-electron chi connectivity index (χ0n) is 23.2. The summed E-state index contributed by atoms with van der Waals surface area (Å²) in [5.41, 5.74) is 1.04. The van der Waals surface area contributed by atoms with Gasteiger partial charge in [0.2, 0.25) is 10.0 Å². The maximum Gasteiger partial charge on any atom is 0.260 e. The minimum absolute atomic E-state index is 0.213. The maximum atomic E-state index is 13.9. The van der Waals surface area contributed by atoms with Crippen molar-refractivity contribution >= 4 is 42.6 Å². The number of carbonyl (C=O) groups excluding carboxylic acids is 1. The number of hydrogen-bond donors (Lipinski definition) is 0. The maximum absolute atomic E-state index is 13.9. The first-order valence-corrected chi connectivity index (χ1v) is 15.8. The first kappa shape index (κ1) is 29.3. The third-order valence-corrected chi connectivity index (χ3v) is 10.2. The third-order valence-electron chi connectivity index (χ3n) is 7.21. The van der Waals surface area contributed by atoms with Gasteiger partial charge in [-0.1, -0.05) is 38.0 Å². The van der Waals surface area contributed by atoms with Crippen LogP contribution in [0.3, 0.4) is 0 Å². The van der Waals surface area contributed by atoms with Crippen LogP contribution in [0.1, 0.15) is 49.9 Å². The van der Waals surface area contributed by atoms with Gasteiger partial charge in [-0.05, 0) is 62.3 Å². The van der Waals surface area contributed by atoms with Gasteiger partial charge in [-0.15, -0.1) is 0 Å². The van der Waals surface area contributed by atoms with E-state index in [1.165, 1.54) is 11.3 Å². The molecular formula is C28H38N4O5S2. The highest BCUT2D eigenvalue weighted by atomic mass is 32.2. The Bertz CT molecular complexity index is 1320. The molecule has 1 amide bonds. The average molecular weight is 575 g/mol. The summed E-state index contributed by atoms with van der Waals surface area (Å²) in [7, 11) is -0.407. The van der Waals surface area contributed by atoms with Gasteiger partial charge in [0.15, 0.2) is 5.13 Å². The van der Waals surface area contributed by atoms with E-state index >= 15 is 0 Å². The van der Waals surface area contributed by atoms with Crippen molar-refractivity contribution in [1.82, 2.24) is 14.2 Å². The predicted octanol–water partition coefficient (Wildman–Crippen LogP) is 4.87. The Morgan fingerprint density at radius 3 is 2.13 bits per heavy atom. The Morgan fingerprint density at radius 2 is 1.54 bits per heavy atom. The zero-order valence-corrected chi connectivity index (χ0v) is 24.8. The molecule has 1 fully saturated rings. The molecule has 1 aromatic heterocycles. The summed E-state index contributed by atoms with van der Waals surface area (Å²) >= 11 is 1.37. The SMILES string of the molecule is CCN(CC)CCN(C(=O)c1ccc(S(=O)(=O)N2CCCCCC2)cc1)c1nc2c(OC)ccc(OC)c2s1. The summed E-state index contributed by atoms with van der Waals surface area (Å²) in [5, 5.41) is 0.534. The Morgan fingerprint density at radius 1 is 0.923 bits per heavy atom. The molecule has 39 heavy (non-hydrogen) atoms. The molecule has 0 N–H and O–H groups in total. The Balaban J connectivity index is 1.67. The van der Waals surface area contributed by atoms with Gasteiger partial charge in [-0.3, -0.25) is 9.69 Å². The molecular weight excluding hydrogens is 536 g/mol. The second-order valence-corrected chi connectivity index (χ2v) is 12.4. The van der Waals surface area contributed by atoms with E-state index in [0.29, 0.717) is 53.9 Å². The molecule has 1 saturated heterocycles. The average Bonchev–Trinajstić information content (AvgIpc) is 3.20. The lowest BCUT2D eigenvalue weighted by molar-refractivity contribution is 0.0983. The second kappa shape index (κ2) is 13.1. The topological polar surface area (TPSA) is 92.3 Å². The largest absolute Gasteiger partial charge is 0.495 e. The third kappa shape index (κ3) is 6.37. The van der Waals surface area contributed by atoms with E-state index in [-0.39, 0.29) is 10.8 Å². The van der Waals surface area contributed by atoms with E-state index in [9.17, 15) is 13.2 Å². The van der Waals surface area contributed by atoms with Crippen molar-refractivity contribution < 1.29 is 22.7 Å². The van der Waals surface area contributed by atoms with Gasteiger partial charge in [0.1, 0.15) is 21.7 Å². The van der Waals surface area contributed by atoms with Crippen molar-refractivity contribution in [3.63, 3.8) is 0 Å². The molecule has 3 aromatic rings. The van der Waals surface area contributed by atoms with Crippen molar-refractivity contribution in [1.29, 1.82) is 0 Å². The summed E-state index contributed by atoms with van der Waals surface area (Å²) in [5.74, 6) is 1.03. The number of ether oxygens (including phenoxy) is 2. The minimum atomic E-state index is -3.60. The summed E-state index contributed by atoms with van der Waals surface area (Å²) < 4.78 is 39.9. The highest BCUT2D eigenvalue weighted by molar-refractivity contribution is 7.89. The van der Waals surface area contributed by atoms with Crippen LogP contribution in [0.5, 0.6) is 11.5 Å². The normalized spacial score (nSPS) is 14.9. The lowest BCUT2D eigenvalue weighted by atomic mass is 10.2. The number of anilines is 1. The molecule has 0 spiro atoms. The number of fused-ring (bicyclic) bond motifs is 1. The van der Waals surface area contributed by atoms with E-state index in [1.807, 2.05) is 6.07 Å². The van der Waals surface area contributed by atoms with E-state index in [2.05, 4.69) is 18.7 Å². The molecule has 0 radical (unpaired) electrons. The van der Waals surface area contributed by atoms with Crippen molar-refractivity contribution in [2.45, 2.75) is 44.4 Å². The molecule has 0 saturated carbocycles. The predicted molar refractivity (Wildman–Crippen MR) is 156 cm³/mol. The van der Waals surface area contributed by atoms with Crippen molar-refractivity contribution in [2.75, 3.05) is 58.4 Å². The molecule has 2 aromatic carbocycles. The van der Waals surface area contributed by atoms with E-state index in [1.54, 1.807) is 53.8 Å². The quantitative estimate of drug-likeness (QED) is 0.323. The number of thiazole rings is 1. The number of amides is 1. The summed E-state index contributed by atoms with van der Waals surface area (Å²) in [6.45, 7) is 8.08. The molecule has 1 aliphatic rings. The smallest absolute Gasteiger partial charge is 0.260 e. The number of carbonyl (C=O) groups is 1. The molecule has 2 heterocycles. The number of rotatable bonds is 11. The monoisotopic (exact) mass is 574 g/mol. The number of likely N-dealkylation sites (N-methyl/N-ethyl adjacent to an activating group) is 1. The zero-order chi connectivity index (χ0) is 28.0. The van der Waals surface area contributed by atoms with Gasteiger partial charge in [-0.25, -0.2) is 13.4 Å². The fourth-order valence-corrected chi connectivity index (χ4v) is 7.43. The van der Waals surface area contributed by atoms with Gasteiger partial charge < -0.3 is 14.4 Å². The standard InChI is InChI=1S/C28H38N4O5S2/c1-5-30(6-2)19-20-32(28-29-25-23(36-3)15-16-24(37-4)26(25)38-28)27(33)21-11-13-22(14-12-21)39(34,35)31-17-9-7-8-10-18-31/h11-16H,5-10,17-20H2,1-4H3. The first-order valence-electron chi connectivity index (χ1n) is 13.5. The first-order chi connectivity index (χ1) is 18.8. The molecule has 0 aliphatic carbocycles. The number of nitrogens with zero attached hydrogens (tertiary/aromatic N) is 4. The lowest BCUT2D eigenvalue weighted by Crippen LogP contribution is -2.39. The van der Waals surface area contributed by atoms with Crippen LogP contribution in [-0.4, -0.2) is 82.0 Å². The molecule has 4 rings (SSSR count). The van der Waals surface area contributed by atoms with E-state index in [4.69, 9.17) is 14.5 Å². The van der Waals surface area contributed by atoms with Crippen LogP contribution in [0.4, 0.5) is 5.13 Å². The second-order valence-electron chi connectivity index (χ2n) is 9.47. The molecule has 1 aliphatic heterocycles. The molecule has 0 atom stereocenters.